The van der Waals surface area contributed by atoms with Crippen LogP contribution in [0.1, 0.15) is 54.4 Å². The first-order chi connectivity index (χ1) is 6.34. The summed E-state index contributed by atoms with van der Waals surface area (Å²) in [5, 5.41) is 10.5. The molecule has 0 bridgehead atoms. The molecule has 0 saturated carbocycles. The fraction of sp³-hybridized carbons (Fsp3) is 0.917. The quantitative estimate of drug-likeness (QED) is 0.765. The Morgan fingerprint density at radius 1 is 1.27 bits per heavy atom. The zero-order valence-electron chi connectivity index (χ0n) is 11.0. The first-order valence-electron chi connectivity index (χ1n) is 5.61. The van der Waals surface area contributed by atoms with Crippen LogP contribution in [0.3, 0.4) is 0 Å². The van der Waals surface area contributed by atoms with Crippen LogP contribution >= 0.6 is 0 Å². The topological polar surface area (TPSA) is 32.6 Å². The summed E-state index contributed by atoms with van der Waals surface area (Å²) in [7, 11) is 0. The minimum atomic E-state index is -0.709. The summed E-state index contributed by atoms with van der Waals surface area (Å²) in [5.74, 6) is 0.227. The molecule has 1 unspecified atom stereocenters. The van der Waals surface area contributed by atoms with E-state index in [1.54, 1.807) is 0 Å². The van der Waals surface area contributed by atoms with Gasteiger partial charge in [-0.2, -0.15) is 0 Å². The van der Waals surface area contributed by atoms with Crippen LogP contribution in [0.2, 0.25) is 0 Å². The van der Waals surface area contributed by atoms with Crippen LogP contribution in [0.4, 0.5) is 0 Å². The van der Waals surface area contributed by atoms with Crippen LogP contribution in [-0.4, -0.2) is 22.5 Å². The van der Waals surface area contributed by atoms with Gasteiger partial charge < -0.3 is 5.11 Å². The molecule has 0 aliphatic carbocycles. The second-order valence-corrected chi connectivity index (χ2v) is 4.64. The van der Waals surface area contributed by atoms with Crippen LogP contribution in [0.15, 0.2) is 4.99 Å². The summed E-state index contributed by atoms with van der Waals surface area (Å²) in [5.41, 5.74) is 0.170. The Labute approximate surface area is 127 Å². The van der Waals surface area contributed by atoms with E-state index in [1.807, 2.05) is 20.8 Å². The van der Waals surface area contributed by atoms with Gasteiger partial charge in [-0.3, -0.25) is 4.99 Å². The van der Waals surface area contributed by atoms with E-state index in [2.05, 4.69) is 25.8 Å². The molecule has 0 aliphatic rings. The Hall–Kier alpha value is 0.981. The van der Waals surface area contributed by atoms with E-state index in [0.29, 0.717) is 0 Å². The summed E-state index contributed by atoms with van der Waals surface area (Å²) >= 11 is 0. The number of aliphatic hydroxyl groups is 1. The van der Waals surface area contributed by atoms with Gasteiger partial charge in [-0.25, -0.2) is 0 Å². The fourth-order valence-electron chi connectivity index (χ4n) is 1.77. The van der Waals surface area contributed by atoms with Crippen molar-refractivity contribution in [3.05, 3.63) is 0 Å². The van der Waals surface area contributed by atoms with E-state index >= 15 is 0 Å². The van der Waals surface area contributed by atoms with Gasteiger partial charge in [-0.1, -0.05) is 27.2 Å². The van der Waals surface area contributed by atoms with E-state index in [0.717, 1.165) is 18.6 Å². The van der Waals surface area contributed by atoms with Gasteiger partial charge in [0.2, 0.25) is 0 Å². The molecule has 1 atom stereocenters. The molecule has 0 aromatic carbocycles. The van der Waals surface area contributed by atoms with E-state index in [9.17, 15) is 5.11 Å². The van der Waals surface area contributed by atoms with Crippen molar-refractivity contribution in [1.29, 1.82) is 0 Å². The summed E-state index contributed by atoms with van der Waals surface area (Å²) < 4.78 is 0. The Kier molecular flexibility index (Phi) is 9.94. The molecule has 0 aromatic rings. The van der Waals surface area contributed by atoms with Crippen LogP contribution in [0.25, 0.3) is 0 Å². The maximum Gasteiger partial charge on any atom is 0.104 e. The second-order valence-electron chi connectivity index (χ2n) is 4.64. The molecule has 0 rings (SSSR count). The number of hydrogen-bond donors (Lipinski definition) is 1. The molecule has 0 heterocycles. The van der Waals surface area contributed by atoms with Crippen molar-refractivity contribution in [3.63, 3.8) is 0 Å². The molecule has 2 nitrogen and oxygen atoms in total. The molecule has 0 amide bonds. The van der Waals surface area contributed by atoms with Gasteiger partial charge in [0.05, 0.1) is 0 Å². The van der Waals surface area contributed by atoms with Crippen molar-refractivity contribution in [2.75, 3.05) is 0 Å². The molecule has 3 heteroatoms. The second kappa shape index (κ2) is 8.13. The third-order valence-corrected chi connectivity index (χ3v) is 2.66. The maximum atomic E-state index is 10.5. The number of rotatable bonds is 5. The molecular formula is C12H25NNdO. The number of hydrogen-bond acceptors (Lipinski definition) is 2. The first-order valence-corrected chi connectivity index (χ1v) is 5.61. The van der Waals surface area contributed by atoms with Gasteiger partial charge in [0, 0.05) is 52.6 Å². The Bertz CT molecular complexity index is 202. The van der Waals surface area contributed by atoms with E-state index in [4.69, 9.17) is 0 Å². The maximum absolute atomic E-state index is 10.5. The Morgan fingerprint density at radius 3 is 2.00 bits per heavy atom. The Morgan fingerprint density at radius 2 is 1.73 bits per heavy atom. The van der Waals surface area contributed by atoms with Crippen LogP contribution in [-0.2, 0) is 0 Å². The predicted molar refractivity (Wildman–Crippen MR) is 62.9 cm³/mol. The summed E-state index contributed by atoms with van der Waals surface area (Å²) in [6, 6.07) is 0.261. The molecule has 88 valence electrons. The summed E-state index contributed by atoms with van der Waals surface area (Å²) in [4.78, 5) is 4.46. The monoisotopic (exact) mass is 341 g/mol. The zero-order chi connectivity index (χ0) is 11.4. The standard InChI is InChI=1S/C12H25NO.Nd/c1-7-8-12(14,9(2)3)11(6)13-10(4)5;/h9-10,14H,7-8H2,1-6H3;. The van der Waals surface area contributed by atoms with Crippen molar-refractivity contribution >= 4 is 5.71 Å². The average Bonchev–Trinajstić information content (AvgIpc) is 2.02. The van der Waals surface area contributed by atoms with Gasteiger partial charge >= 0.3 is 0 Å². The average molecular weight is 344 g/mol. The van der Waals surface area contributed by atoms with Gasteiger partial charge in [-0.15, -0.1) is 0 Å². The minimum Gasteiger partial charge on any atom is -0.384 e. The molecule has 0 spiro atoms. The van der Waals surface area contributed by atoms with E-state index < -0.39 is 5.60 Å². The predicted octanol–water partition coefficient (Wildman–Crippen LogP) is 3.04. The van der Waals surface area contributed by atoms with Crippen LogP contribution in [0.5, 0.6) is 0 Å². The first kappa shape index (κ1) is 18.3. The summed E-state index contributed by atoms with van der Waals surface area (Å²) in [6.45, 7) is 12.2. The van der Waals surface area contributed by atoms with Crippen molar-refractivity contribution in [3.8, 4) is 0 Å². The smallest absolute Gasteiger partial charge is 0.104 e. The Balaban J connectivity index is 0. The van der Waals surface area contributed by atoms with Gasteiger partial charge in [0.25, 0.3) is 0 Å². The normalized spacial score (nSPS) is 16.5. The van der Waals surface area contributed by atoms with E-state index in [1.165, 1.54) is 0 Å². The van der Waals surface area contributed by atoms with Crippen molar-refractivity contribution < 1.29 is 45.9 Å². The van der Waals surface area contributed by atoms with Gasteiger partial charge in [0.15, 0.2) is 0 Å². The largest absolute Gasteiger partial charge is 0.384 e. The van der Waals surface area contributed by atoms with Crippen molar-refractivity contribution in [1.82, 2.24) is 0 Å². The van der Waals surface area contributed by atoms with Gasteiger partial charge in [-0.05, 0) is 33.1 Å². The van der Waals surface area contributed by atoms with E-state index in [-0.39, 0.29) is 52.8 Å². The molecular weight excluding hydrogens is 318 g/mol. The third-order valence-electron chi connectivity index (χ3n) is 2.66. The molecule has 0 aromatic heterocycles. The SMILES string of the molecule is CCCC(O)(C(C)=NC(C)C)C(C)C.[Nd]. The molecule has 15 heavy (non-hydrogen) atoms. The molecule has 0 radical (unpaired) electrons. The minimum absolute atomic E-state index is 0. The molecule has 0 aliphatic heterocycles. The molecule has 1 N–H and O–H groups in total. The third kappa shape index (κ3) is 5.73. The zero-order valence-corrected chi connectivity index (χ0v) is 14.2. The molecule has 0 saturated heterocycles. The summed E-state index contributed by atoms with van der Waals surface area (Å²) in [6.07, 6.45) is 1.78. The van der Waals surface area contributed by atoms with Crippen molar-refractivity contribution in [2.24, 2.45) is 10.9 Å². The van der Waals surface area contributed by atoms with Crippen LogP contribution < -0.4 is 0 Å². The molecule has 0 fully saturated rings. The van der Waals surface area contributed by atoms with Gasteiger partial charge in [0.1, 0.15) is 5.60 Å². The van der Waals surface area contributed by atoms with Crippen LogP contribution in [0, 0.1) is 46.8 Å². The number of aliphatic imine (C=N–C) groups is 1. The number of nitrogens with zero attached hydrogens (tertiary/aromatic N) is 1. The fourth-order valence-corrected chi connectivity index (χ4v) is 1.77. The van der Waals surface area contributed by atoms with Crippen molar-refractivity contribution in [2.45, 2.75) is 66.0 Å².